The van der Waals surface area contributed by atoms with E-state index in [-0.39, 0.29) is 11.5 Å². The molecule has 2 heteroatoms. The maximum absolute atomic E-state index is 5.94. The molecule has 2 aromatic rings. The van der Waals surface area contributed by atoms with Crippen LogP contribution >= 0.6 is 0 Å². The number of nitrogens with two attached hydrogens (primary N) is 1. The summed E-state index contributed by atoms with van der Waals surface area (Å²) in [7, 11) is 0. The number of hydrogen-bond donors (Lipinski definition) is 1. The lowest BCUT2D eigenvalue weighted by Crippen LogP contribution is -2.28. The largest absolute Gasteiger partial charge is 0.328 e. The molecule has 0 aliphatic rings. The van der Waals surface area contributed by atoms with Gasteiger partial charge in [-0.15, -0.1) is 0 Å². The Labute approximate surface area is 103 Å². The van der Waals surface area contributed by atoms with Crippen molar-refractivity contribution < 1.29 is 0 Å². The fraction of sp³-hybridized carbons (Fsp3) is 0.400. The lowest BCUT2D eigenvalue weighted by molar-refractivity contribution is 0.440. The Kier molecular flexibility index (Phi) is 3.16. The molecule has 1 atom stereocenters. The van der Waals surface area contributed by atoms with Gasteiger partial charge in [-0.2, -0.15) is 0 Å². The molecule has 1 aromatic heterocycles. The molecule has 2 nitrogen and oxygen atoms in total. The molecule has 2 N–H and O–H groups in total. The van der Waals surface area contributed by atoms with E-state index in [0.29, 0.717) is 0 Å². The van der Waals surface area contributed by atoms with E-state index in [0.717, 1.165) is 11.9 Å². The highest BCUT2D eigenvalue weighted by Crippen LogP contribution is 2.32. The van der Waals surface area contributed by atoms with Crippen LogP contribution in [0.15, 0.2) is 36.5 Å². The number of pyridine rings is 1. The highest BCUT2D eigenvalue weighted by Gasteiger charge is 2.24. The van der Waals surface area contributed by atoms with Crippen molar-refractivity contribution in [2.45, 2.75) is 38.6 Å². The smallest absolute Gasteiger partial charge is 0.0739 e. The van der Waals surface area contributed by atoms with Gasteiger partial charge in [-0.1, -0.05) is 38.1 Å². The van der Waals surface area contributed by atoms with Gasteiger partial charge in [-0.3, -0.25) is 4.98 Å². The van der Waals surface area contributed by atoms with E-state index in [1.165, 1.54) is 10.9 Å². The molecular formula is C15H20N2. The van der Waals surface area contributed by atoms with Gasteiger partial charge in [0.1, 0.15) is 0 Å². The normalized spacial score (nSPS) is 13.9. The Bertz CT molecular complexity index is 510. The first kappa shape index (κ1) is 12.1. The zero-order valence-corrected chi connectivity index (χ0v) is 10.8. The summed E-state index contributed by atoms with van der Waals surface area (Å²) in [5.74, 6) is 0. The average Bonchev–Trinajstić information content (AvgIpc) is 2.26. The van der Waals surface area contributed by atoms with Crippen molar-refractivity contribution >= 4 is 10.9 Å². The Balaban J connectivity index is 2.55. The lowest BCUT2D eigenvalue weighted by atomic mass is 9.78. The topological polar surface area (TPSA) is 38.9 Å². The van der Waals surface area contributed by atoms with Crippen molar-refractivity contribution in [2.75, 3.05) is 0 Å². The van der Waals surface area contributed by atoms with Crippen LogP contribution in [0.25, 0.3) is 10.9 Å². The predicted molar refractivity (Wildman–Crippen MR) is 73.0 cm³/mol. The predicted octanol–water partition coefficient (Wildman–Crippen LogP) is 3.25. The molecule has 2 rings (SSSR count). The van der Waals surface area contributed by atoms with Crippen LogP contribution in [0.1, 0.15) is 32.8 Å². The number of nitrogens with zero attached hydrogens (tertiary/aromatic N) is 1. The van der Waals surface area contributed by atoms with E-state index in [1.54, 1.807) is 0 Å². The number of para-hydroxylation sites is 1. The summed E-state index contributed by atoms with van der Waals surface area (Å²) in [5, 5.41) is 1.20. The van der Waals surface area contributed by atoms with Crippen molar-refractivity contribution in [3.05, 3.63) is 42.1 Å². The summed E-state index contributed by atoms with van der Waals surface area (Å²) in [4.78, 5) is 4.51. The molecule has 1 heterocycles. The zero-order valence-electron chi connectivity index (χ0n) is 10.8. The first-order valence-corrected chi connectivity index (χ1v) is 6.10. The summed E-state index contributed by atoms with van der Waals surface area (Å²) in [5.41, 5.74) is 8.38. The SMILES string of the molecule is CC(N)CC(C)(C)c1cccc2cccnc12. The molecule has 0 fully saturated rings. The Morgan fingerprint density at radius 2 is 1.94 bits per heavy atom. The molecule has 17 heavy (non-hydrogen) atoms. The summed E-state index contributed by atoms with van der Waals surface area (Å²) in [6, 6.07) is 10.6. The van der Waals surface area contributed by atoms with E-state index in [1.807, 2.05) is 12.3 Å². The van der Waals surface area contributed by atoms with Gasteiger partial charge >= 0.3 is 0 Å². The molecule has 0 radical (unpaired) electrons. The minimum absolute atomic E-state index is 0.0576. The minimum atomic E-state index is 0.0576. The standard InChI is InChI=1S/C15H20N2/c1-11(16)10-15(2,3)13-8-4-6-12-7-5-9-17-14(12)13/h4-9,11H,10,16H2,1-3H3. The molecule has 90 valence electrons. The fourth-order valence-corrected chi connectivity index (χ4v) is 2.57. The van der Waals surface area contributed by atoms with Crippen LogP contribution in [-0.2, 0) is 5.41 Å². The van der Waals surface area contributed by atoms with Gasteiger partial charge in [-0.25, -0.2) is 0 Å². The van der Waals surface area contributed by atoms with Crippen LogP contribution in [0.5, 0.6) is 0 Å². The Hall–Kier alpha value is -1.41. The summed E-state index contributed by atoms with van der Waals surface area (Å²) in [6.07, 6.45) is 2.82. The molecule has 0 saturated carbocycles. The molecule has 0 saturated heterocycles. The van der Waals surface area contributed by atoms with Crippen LogP contribution in [0.4, 0.5) is 0 Å². The molecule has 1 aromatic carbocycles. The van der Waals surface area contributed by atoms with E-state index in [9.17, 15) is 0 Å². The van der Waals surface area contributed by atoms with Gasteiger partial charge in [0.15, 0.2) is 0 Å². The second kappa shape index (κ2) is 4.46. The van der Waals surface area contributed by atoms with Crippen LogP contribution in [-0.4, -0.2) is 11.0 Å². The summed E-state index contributed by atoms with van der Waals surface area (Å²) < 4.78 is 0. The Morgan fingerprint density at radius 1 is 1.24 bits per heavy atom. The first-order valence-electron chi connectivity index (χ1n) is 6.10. The minimum Gasteiger partial charge on any atom is -0.328 e. The highest BCUT2D eigenvalue weighted by molar-refractivity contribution is 5.82. The molecule has 0 aliphatic heterocycles. The van der Waals surface area contributed by atoms with Crippen molar-refractivity contribution in [3.63, 3.8) is 0 Å². The van der Waals surface area contributed by atoms with E-state index >= 15 is 0 Å². The zero-order chi connectivity index (χ0) is 12.5. The third-order valence-corrected chi connectivity index (χ3v) is 3.19. The second-order valence-electron chi connectivity index (χ2n) is 5.45. The number of fused-ring (bicyclic) bond motifs is 1. The maximum atomic E-state index is 5.94. The maximum Gasteiger partial charge on any atom is 0.0739 e. The van der Waals surface area contributed by atoms with Gasteiger partial charge in [0, 0.05) is 17.6 Å². The van der Waals surface area contributed by atoms with E-state index in [4.69, 9.17) is 5.73 Å². The first-order chi connectivity index (χ1) is 8.00. The van der Waals surface area contributed by atoms with Crippen molar-refractivity contribution in [1.82, 2.24) is 4.98 Å². The molecule has 1 unspecified atom stereocenters. The van der Waals surface area contributed by atoms with Crippen molar-refractivity contribution in [2.24, 2.45) is 5.73 Å². The molecule has 0 amide bonds. The van der Waals surface area contributed by atoms with Crippen LogP contribution in [0, 0.1) is 0 Å². The van der Waals surface area contributed by atoms with Gasteiger partial charge in [0.2, 0.25) is 0 Å². The Morgan fingerprint density at radius 3 is 2.65 bits per heavy atom. The number of aromatic nitrogens is 1. The van der Waals surface area contributed by atoms with Gasteiger partial charge in [0.05, 0.1) is 5.52 Å². The van der Waals surface area contributed by atoms with E-state index < -0.39 is 0 Å². The second-order valence-corrected chi connectivity index (χ2v) is 5.45. The monoisotopic (exact) mass is 228 g/mol. The van der Waals surface area contributed by atoms with Crippen LogP contribution in [0.2, 0.25) is 0 Å². The number of rotatable bonds is 3. The quantitative estimate of drug-likeness (QED) is 0.875. The third kappa shape index (κ3) is 2.47. The third-order valence-electron chi connectivity index (χ3n) is 3.19. The van der Waals surface area contributed by atoms with Crippen LogP contribution < -0.4 is 5.73 Å². The summed E-state index contributed by atoms with van der Waals surface area (Å²) >= 11 is 0. The number of hydrogen-bond acceptors (Lipinski definition) is 2. The molecule has 0 spiro atoms. The average molecular weight is 228 g/mol. The molecular weight excluding hydrogens is 208 g/mol. The number of benzene rings is 1. The van der Waals surface area contributed by atoms with Gasteiger partial charge in [-0.05, 0) is 30.4 Å². The van der Waals surface area contributed by atoms with Crippen molar-refractivity contribution in [3.8, 4) is 0 Å². The highest BCUT2D eigenvalue weighted by atomic mass is 14.7. The van der Waals surface area contributed by atoms with Gasteiger partial charge < -0.3 is 5.73 Å². The van der Waals surface area contributed by atoms with Crippen LogP contribution in [0.3, 0.4) is 0 Å². The van der Waals surface area contributed by atoms with Crippen molar-refractivity contribution in [1.29, 1.82) is 0 Å². The van der Waals surface area contributed by atoms with Gasteiger partial charge in [0.25, 0.3) is 0 Å². The van der Waals surface area contributed by atoms with E-state index in [2.05, 4.69) is 50.0 Å². The summed E-state index contributed by atoms with van der Waals surface area (Å²) in [6.45, 7) is 6.53. The lowest BCUT2D eigenvalue weighted by Gasteiger charge is -2.28. The molecule has 0 aliphatic carbocycles. The fourth-order valence-electron chi connectivity index (χ4n) is 2.57. The molecule has 0 bridgehead atoms.